The number of nitrogen functional groups attached to an aromatic ring is 1. The molecular formula is C10H14N2O3S. The summed E-state index contributed by atoms with van der Waals surface area (Å²) in [5.41, 5.74) is 5.88. The lowest BCUT2D eigenvalue weighted by atomic mass is 10.3. The Balaban J connectivity index is 2.31. The smallest absolute Gasteiger partial charge is 0.242 e. The van der Waals surface area contributed by atoms with Gasteiger partial charge in [-0.25, -0.2) is 13.1 Å². The molecule has 1 aliphatic carbocycles. The van der Waals surface area contributed by atoms with Crippen molar-refractivity contribution in [3.05, 3.63) is 18.2 Å². The maximum atomic E-state index is 11.9. The first-order valence-corrected chi connectivity index (χ1v) is 6.47. The minimum atomic E-state index is -3.48. The zero-order valence-corrected chi connectivity index (χ0v) is 9.75. The average molecular weight is 242 g/mol. The molecule has 0 bridgehead atoms. The van der Waals surface area contributed by atoms with Gasteiger partial charge in [0.25, 0.3) is 0 Å². The fraction of sp³-hybridized carbons (Fsp3) is 0.400. The largest absolute Gasteiger partial charge is 0.497 e. The van der Waals surface area contributed by atoms with Crippen molar-refractivity contribution in [1.29, 1.82) is 0 Å². The maximum absolute atomic E-state index is 11.9. The number of rotatable bonds is 4. The molecule has 2 rings (SSSR count). The first-order valence-electron chi connectivity index (χ1n) is 4.99. The van der Waals surface area contributed by atoms with E-state index in [-0.39, 0.29) is 16.6 Å². The lowest BCUT2D eigenvalue weighted by molar-refractivity contribution is 0.414. The van der Waals surface area contributed by atoms with Crippen LogP contribution in [0.3, 0.4) is 0 Å². The Hall–Kier alpha value is -1.27. The number of benzene rings is 1. The second kappa shape index (κ2) is 3.95. The molecule has 5 nitrogen and oxygen atoms in total. The lowest BCUT2D eigenvalue weighted by Crippen LogP contribution is -2.26. The van der Waals surface area contributed by atoms with E-state index in [4.69, 9.17) is 10.5 Å². The molecule has 0 spiro atoms. The Labute approximate surface area is 94.6 Å². The summed E-state index contributed by atoms with van der Waals surface area (Å²) in [5.74, 6) is 0.544. The van der Waals surface area contributed by atoms with E-state index < -0.39 is 10.0 Å². The molecule has 0 unspecified atom stereocenters. The van der Waals surface area contributed by atoms with Crippen LogP contribution in [0.5, 0.6) is 5.75 Å². The molecular weight excluding hydrogens is 228 g/mol. The third-order valence-corrected chi connectivity index (χ3v) is 4.00. The third-order valence-electron chi connectivity index (χ3n) is 2.41. The second-order valence-corrected chi connectivity index (χ2v) is 5.48. The number of hydrogen-bond donors (Lipinski definition) is 2. The van der Waals surface area contributed by atoms with E-state index in [0.29, 0.717) is 5.75 Å². The van der Waals surface area contributed by atoms with Gasteiger partial charge >= 0.3 is 0 Å². The van der Waals surface area contributed by atoms with Gasteiger partial charge < -0.3 is 10.5 Å². The topological polar surface area (TPSA) is 81.4 Å². The number of nitrogens with one attached hydrogen (secondary N) is 1. The van der Waals surface area contributed by atoms with E-state index in [9.17, 15) is 8.42 Å². The van der Waals surface area contributed by atoms with Crippen molar-refractivity contribution < 1.29 is 13.2 Å². The number of nitrogens with two attached hydrogens (primary N) is 1. The summed E-state index contributed by atoms with van der Waals surface area (Å²) in [7, 11) is -1.98. The molecule has 3 N–H and O–H groups in total. The SMILES string of the molecule is COc1ccc(S(=O)(=O)NC2CC2)c(N)c1. The minimum Gasteiger partial charge on any atom is -0.497 e. The Morgan fingerprint density at radius 1 is 1.44 bits per heavy atom. The summed E-state index contributed by atoms with van der Waals surface area (Å²) in [6.07, 6.45) is 1.80. The minimum absolute atomic E-state index is 0.0755. The highest BCUT2D eigenvalue weighted by atomic mass is 32.2. The number of sulfonamides is 1. The standard InChI is InChI=1S/C10H14N2O3S/c1-15-8-4-5-10(9(11)6-8)16(13,14)12-7-2-3-7/h4-7,12H,2-3,11H2,1H3. The summed E-state index contributed by atoms with van der Waals surface area (Å²) in [4.78, 5) is 0.111. The van der Waals surface area contributed by atoms with Gasteiger partial charge in [-0.3, -0.25) is 0 Å². The zero-order chi connectivity index (χ0) is 11.8. The normalized spacial score (nSPS) is 16.1. The molecule has 16 heavy (non-hydrogen) atoms. The molecule has 1 fully saturated rings. The van der Waals surface area contributed by atoms with Crippen LogP contribution in [0.4, 0.5) is 5.69 Å². The molecule has 6 heteroatoms. The number of ether oxygens (including phenoxy) is 1. The van der Waals surface area contributed by atoms with Gasteiger partial charge in [0.1, 0.15) is 10.6 Å². The molecule has 1 aromatic rings. The first-order chi connectivity index (χ1) is 7.53. The van der Waals surface area contributed by atoms with Crippen LogP contribution in [0.25, 0.3) is 0 Å². The molecule has 0 aliphatic heterocycles. The van der Waals surface area contributed by atoms with Gasteiger partial charge in [-0.05, 0) is 25.0 Å². The Morgan fingerprint density at radius 2 is 2.12 bits per heavy atom. The van der Waals surface area contributed by atoms with Crippen molar-refractivity contribution in [2.24, 2.45) is 0 Å². The van der Waals surface area contributed by atoms with E-state index in [0.717, 1.165) is 12.8 Å². The van der Waals surface area contributed by atoms with Crippen LogP contribution >= 0.6 is 0 Å². The van der Waals surface area contributed by atoms with Crippen LogP contribution in [0, 0.1) is 0 Å². The monoisotopic (exact) mass is 242 g/mol. The predicted molar refractivity (Wildman–Crippen MR) is 60.7 cm³/mol. The van der Waals surface area contributed by atoms with Crippen molar-refractivity contribution in [3.8, 4) is 5.75 Å². The van der Waals surface area contributed by atoms with Crippen molar-refractivity contribution in [2.45, 2.75) is 23.8 Å². The van der Waals surface area contributed by atoms with Crippen LogP contribution < -0.4 is 15.2 Å². The lowest BCUT2D eigenvalue weighted by Gasteiger charge is -2.09. The fourth-order valence-electron chi connectivity index (χ4n) is 1.38. The Morgan fingerprint density at radius 3 is 2.62 bits per heavy atom. The highest BCUT2D eigenvalue weighted by Gasteiger charge is 2.29. The number of hydrogen-bond acceptors (Lipinski definition) is 4. The quantitative estimate of drug-likeness (QED) is 0.762. The maximum Gasteiger partial charge on any atom is 0.242 e. The molecule has 0 radical (unpaired) electrons. The van der Waals surface area contributed by atoms with Crippen LogP contribution in [0.1, 0.15) is 12.8 Å². The molecule has 0 saturated heterocycles. The van der Waals surface area contributed by atoms with Gasteiger partial charge in [-0.1, -0.05) is 0 Å². The Kier molecular flexibility index (Phi) is 2.77. The number of methoxy groups -OCH3 is 1. The van der Waals surface area contributed by atoms with Crippen LogP contribution in [0.15, 0.2) is 23.1 Å². The van der Waals surface area contributed by atoms with E-state index in [1.54, 1.807) is 6.07 Å². The van der Waals surface area contributed by atoms with E-state index in [1.165, 1.54) is 19.2 Å². The van der Waals surface area contributed by atoms with Gasteiger partial charge in [0.05, 0.1) is 12.8 Å². The van der Waals surface area contributed by atoms with E-state index >= 15 is 0 Å². The van der Waals surface area contributed by atoms with Crippen molar-refractivity contribution in [3.63, 3.8) is 0 Å². The van der Waals surface area contributed by atoms with Crippen molar-refractivity contribution in [2.75, 3.05) is 12.8 Å². The van der Waals surface area contributed by atoms with Gasteiger partial charge in [0.15, 0.2) is 0 Å². The van der Waals surface area contributed by atoms with Crippen molar-refractivity contribution >= 4 is 15.7 Å². The van der Waals surface area contributed by atoms with Crippen LogP contribution in [-0.2, 0) is 10.0 Å². The molecule has 0 amide bonds. The number of anilines is 1. The molecule has 88 valence electrons. The molecule has 1 saturated carbocycles. The molecule has 0 atom stereocenters. The predicted octanol–water partition coefficient (Wildman–Crippen LogP) is 0.718. The highest BCUT2D eigenvalue weighted by molar-refractivity contribution is 7.89. The van der Waals surface area contributed by atoms with E-state index in [1.807, 2.05) is 0 Å². The summed E-state index contributed by atoms with van der Waals surface area (Å²) in [6, 6.07) is 4.62. The molecule has 1 aromatic carbocycles. The highest BCUT2D eigenvalue weighted by Crippen LogP contribution is 2.27. The fourth-order valence-corrected chi connectivity index (χ4v) is 2.80. The van der Waals surface area contributed by atoms with Gasteiger partial charge in [0, 0.05) is 12.1 Å². The van der Waals surface area contributed by atoms with E-state index in [2.05, 4.69) is 4.72 Å². The zero-order valence-electron chi connectivity index (χ0n) is 8.93. The molecule has 0 aromatic heterocycles. The summed E-state index contributed by atoms with van der Waals surface area (Å²) < 4.78 is 31.3. The van der Waals surface area contributed by atoms with Gasteiger partial charge in [0.2, 0.25) is 10.0 Å². The summed E-state index contributed by atoms with van der Waals surface area (Å²) >= 11 is 0. The van der Waals surface area contributed by atoms with Crippen LogP contribution in [0.2, 0.25) is 0 Å². The van der Waals surface area contributed by atoms with Gasteiger partial charge in [-0.15, -0.1) is 0 Å². The third kappa shape index (κ3) is 2.28. The van der Waals surface area contributed by atoms with Gasteiger partial charge in [-0.2, -0.15) is 0 Å². The summed E-state index contributed by atoms with van der Waals surface area (Å²) in [6.45, 7) is 0. The summed E-state index contributed by atoms with van der Waals surface area (Å²) in [5, 5.41) is 0. The van der Waals surface area contributed by atoms with Crippen molar-refractivity contribution in [1.82, 2.24) is 4.72 Å². The average Bonchev–Trinajstić information content (AvgIpc) is 3.00. The second-order valence-electron chi connectivity index (χ2n) is 3.80. The Bertz CT molecular complexity index is 495. The van der Waals surface area contributed by atoms with Crippen LogP contribution in [-0.4, -0.2) is 21.6 Å². The molecule has 0 heterocycles. The molecule has 1 aliphatic rings. The first kappa shape index (κ1) is 11.2.